The largest absolute Gasteiger partial charge is 0.490 e. The number of benzene rings is 1. The number of aromatic amines is 2. The minimum absolute atomic E-state index is 0.201. The molecule has 3 aromatic rings. The zero-order chi connectivity index (χ0) is 25.2. The molecule has 35 heavy (non-hydrogen) atoms. The van der Waals surface area contributed by atoms with Gasteiger partial charge in [0.2, 0.25) is 0 Å². The molecule has 3 N–H and O–H groups in total. The molecule has 4 heterocycles. The summed E-state index contributed by atoms with van der Waals surface area (Å²) in [6, 6.07) is 3.43. The molecule has 5 rings (SSSR count). The molecular formula is C22H27F4N7O2. The fourth-order valence-corrected chi connectivity index (χ4v) is 4.26. The molecule has 2 fully saturated rings. The van der Waals surface area contributed by atoms with Crippen LogP contribution < -0.4 is 9.80 Å². The first kappa shape index (κ1) is 24.8. The van der Waals surface area contributed by atoms with Crippen molar-refractivity contribution in [3.63, 3.8) is 0 Å². The maximum atomic E-state index is 14.8. The summed E-state index contributed by atoms with van der Waals surface area (Å²) in [6.45, 7) is 5.61. The summed E-state index contributed by atoms with van der Waals surface area (Å²) in [7, 11) is 2.10. The van der Waals surface area contributed by atoms with Crippen molar-refractivity contribution < 1.29 is 27.5 Å². The normalized spacial score (nSPS) is 17.4. The van der Waals surface area contributed by atoms with E-state index in [0.29, 0.717) is 17.0 Å². The van der Waals surface area contributed by atoms with E-state index in [4.69, 9.17) is 14.9 Å². The molecule has 2 saturated heterocycles. The SMILES string of the molecule is CN1CCN(c2cc3nc(-c4[nH]ncc4N4CCCCC4)[nH]c3cc2F)CC1.O=C(O)C(F)(F)F. The molecule has 0 unspecified atom stereocenters. The number of alkyl halides is 3. The Morgan fingerprint density at radius 1 is 1.00 bits per heavy atom. The van der Waals surface area contributed by atoms with Crippen molar-refractivity contribution >= 4 is 28.4 Å². The second-order valence-corrected chi connectivity index (χ2v) is 8.68. The van der Waals surface area contributed by atoms with E-state index in [9.17, 15) is 17.6 Å². The number of fused-ring (bicyclic) bond motifs is 1. The van der Waals surface area contributed by atoms with E-state index >= 15 is 0 Å². The number of H-pyrrole nitrogens is 2. The standard InChI is InChI=1S/C20H26FN7.C2HF3O2/c1-26-7-9-28(10-8-26)17-12-16-15(11-14(17)21)23-20(24-16)19-18(13-22-25-19)27-5-3-2-4-6-27;3-2(4,5)1(6)7/h11-13H,2-10H2,1H3,(H,22,25)(H,23,24);(H,6,7). The third kappa shape index (κ3) is 5.66. The summed E-state index contributed by atoms with van der Waals surface area (Å²) in [5, 5.41) is 14.5. The molecule has 0 radical (unpaired) electrons. The van der Waals surface area contributed by atoms with Crippen LogP contribution in [0.5, 0.6) is 0 Å². The van der Waals surface area contributed by atoms with E-state index in [1.807, 2.05) is 12.3 Å². The van der Waals surface area contributed by atoms with Crippen molar-refractivity contribution in [1.29, 1.82) is 0 Å². The number of aromatic nitrogens is 4. The molecule has 0 bridgehead atoms. The Balaban J connectivity index is 0.000000364. The van der Waals surface area contributed by atoms with Gasteiger partial charge in [-0.1, -0.05) is 0 Å². The Kier molecular flexibility index (Phi) is 7.15. The number of anilines is 2. The second-order valence-electron chi connectivity index (χ2n) is 8.68. The molecular weight excluding hydrogens is 470 g/mol. The van der Waals surface area contributed by atoms with Crippen molar-refractivity contribution in [3.05, 3.63) is 24.1 Å². The zero-order valence-electron chi connectivity index (χ0n) is 19.2. The molecule has 0 saturated carbocycles. The lowest BCUT2D eigenvalue weighted by Gasteiger charge is -2.34. The number of likely N-dealkylation sites (N-methyl/N-ethyl adjacent to an activating group) is 1. The third-order valence-corrected chi connectivity index (χ3v) is 6.19. The summed E-state index contributed by atoms with van der Waals surface area (Å²) in [4.78, 5) is 23.7. The molecule has 0 atom stereocenters. The van der Waals surface area contributed by atoms with Gasteiger partial charge in [-0.3, -0.25) is 5.10 Å². The van der Waals surface area contributed by atoms with Crippen molar-refractivity contribution in [2.24, 2.45) is 0 Å². The zero-order valence-corrected chi connectivity index (χ0v) is 19.2. The van der Waals surface area contributed by atoms with Gasteiger partial charge < -0.3 is 24.8 Å². The number of piperidine rings is 1. The predicted molar refractivity (Wildman–Crippen MR) is 123 cm³/mol. The van der Waals surface area contributed by atoms with E-state index < -0.39 is 12.1 Å². The van der Waals surface area contributed by atoms with Gasteiger partial charge in [0.05, 0.1) is 28.6 Å². The molecule has 2 aliphatic rings. The summed E-state index contributed by atoms with van der Waals surface area (Å²) in [5.74, 6) is -2.25. The van der Waals surface area contributed by atoms with Crippen LogP contribution in [0, 0.1) is 5.82 Å². The van der Waals surface area contributed by atoms with Gasteiger partial charge in [0.15, 0.2) is 5.82 Å². The highest BCUT2D eigenvalue weighted by atomic mass is 19.4. The summed E-state index contributed by atoms with van der Waals surface area (Å²) in [5.41, 5.74) is 4.08. The number of nitrogens with zero attached hydrogens (tertiary/aromatic N) is 5. The minimum Gasteiger partial charge on any atom is -0.475 e. The number of halogens is 4. The number of carboxylic acids is 1. The van der Waals surface area contributed by atoms with Crippen LogP contribution in [0.2, 0.25) is 0 Å². The molecule has 13 heteroatoms. The van der Waals surface area contributed by atoms with Gasteiger partial charge in [0.1, 0.15) is 11.5 Å². The first-order chi connectivity index (χ1) is 16.6. The Bertz CT molecular complexity index is 1160. The Morgan fingerprint density at radius 3 is 2.26 bits per heavy atom. The molecule has 0 spiro atoms. The number of imidazole rings is 1. The van der Waals surface area contributed by atoms with Crippen LogP contribution in [-0.2, 0) is 4.79 Å². The molecule has 1 aromatic carbocycles. The fourth-order valence-electron chi connectivity index (χ4n) is 4.26. The van der Waals surface area contributed by atoms with Crippen molar-refractivity contribution in [2.45, 2.75) is 25.4 Å². The maximum Gasteiger partial charge on any atom is 0.490 e. The molecule has 0 aliphatic carbocycles. The van der Waals surface area contributed by atoms with Crippen LogP contribution in [0.4, 0.5) is 28.9 Å². The second kappa shape index (κ2) is 10.1. The van der Waals surface area contributed by atoms with Crippen LogP contribution in [-0.4, -0.2) is 88.6 Å². The number of nitrogens with one attached hydrogen (secondary N) is 2. The highest BCUT2D eigenvalue weighted by Gasteiger charge is 2.38. The van der Waals surface area contributed by atoms with Crippen LogP contribution in [0.1, 0.15) is 19.3 Å². The van der Waals surface area contributed by atoms with E-state index in [-0.39, 0.29) is 5.82 Å². The lowest BCUT2D eigenvalue weighted by atomic mass is 10.1. The van der Waals surface area contributed by atoms with Crippen LogP contribution in [0.25, 0.3) is 22.6 Å². The highest BCUT2D eigenvalue weighted by Crippen LogP contribution is 2.32. The Morgan fingerprint density at radius 2 is 1.63 bits per heavy atom. The molecule has 9 nitrogen and oxygen atoms in total. The van der Waals surface area contributed by atoms with Crippen LogP contribution >= 0.6 is 0 Å². The number of hydrogen-bond donors (Lipinski definition) is 3. The third-order valence-electron chi connectivity index (χ3n) is 6.19. The summed E-state index contributed by atoms with van der Waals surface area (Å²) >= 11 is 0. The number of carbonyl (C=O) groups is 1. The summed E-state index contributed by atoms with van der Waals surface area (Å²) in [6.07, 6.45) is 0.460. The monoisotopic (exact) mass is 497 g/mol. The van der Waals surface area contributed by atoms with Crippen molar-refractivity contribution in [1.82, 2.24) is 25.1 Å². The van der Waals surface area contributed by atoms with E-state index in [1.54, 1.807) is 6.07 Å². The topological polar surface area (TPSA) is 104 Å². The van der Waals surface area contributed by atoms with Gasteiger partial charge in [-0.2, -0.15) is 18.3 Å². The van der Waals surface area contributed by atoms with Gasteiger partial charge in [-0.05, 0) is 32.4 Å². The van der Waals surface area contributed by atoms with E-state index in [0.717, 1.165) is 56.2 Å². The highest BCUT2D eigenvalue weighted by molar-refractivity contribution is 5.84. The summed E-state index contributed by atoms with van der Waals surface area (Å²) < 4.78 is 46.5. The number of hydrogen-bond acceptors (Lipinski definition) is 6. The number of aliphatic carboxylic acids is 1. The lowest BCUT2D eigenvalue weighted by molar-refractivity contribution is -0.192. The lowest BCUT2D eigenvalue weighted by Crippen LogP contribution is -2.44. The smallest absolute Gasteiger partial charge is 0.475 e. The minimum atomic E-state index is -5.08. The van der Waals surface area contributed by atoms with Gasteiger partial charge >= 0.3 is 12.1 Å². The average molecular weight is 497 g/mol. The van der Waals surface area contributed by atoms with Gasteiger partial charge in [0.25, 0.3) is 0 Å². The molecule has 190 valence electrons. The van der Waals surface area contributed by atoms with Crippen molar-refractivity contribution in [3.8, 4) is 11.5 Å². The predicted octanol–water partition coefficient (Wildman–Crippen LogP) is 3.47. The molecule has 2 aliphatic heterocycles. The Labute approximate surface area is 198 Å². The van der Waals surface area contributed by atoms with Crippen LogP contribution in [0.3, 0.4) is 0 Å². The Hall–Kier alpha value is -3.35. The van der Waals surface area contributed by atoms with Gasteiger partial charge in [-0.15, -0.1) is 0 Å². The fraction of sp³-hybridized carbons (Fsp3) is 0.500. The number of piperazine rings is 1. The first-order valence-electron chi connectivity index (χ1n) is 11.3. The van der Waals surface area contributed by atoms with Crippen LogP contribution in [0.15, 0.2) is 18.3 Å². The first-order valence-corrected chi connectivity index (χ1v) is 11.3. The number of carboxylic acid groups (broad SMARTS) is 1. The van der Waals surface area contributed by atoms with Gasteiger partial charge in [0, 0.05) is 45.3 Å². The molecule has 0 amide bonds. The van der Waals surface area contributed by atoms with E-state index in [1.165, 1.54) is 19.3 Å². The number of rotatable bonds is 3. The van der Waals surface area contributed by atoms with E-state index in [2.05, 4.69) is 36.9 Å². The van der Waals surface area contributed by atoms with Crippen molar-refractivity contribution in [2.75, 3.05) is 56.1 Å². The maximum absolute atomic E-state index is 14.8. The molecule has 2 aromatic heterocycles. The quantitative estimate of drug-likeness (QED) is 0.476. The average Bonchev–Trinajstić information content (AvgIpc) is 3.46. The van der Waals surface area contributed by atoms with Gasteiger partial charge in [-0.25, -0.2) is 14.2 Å².